The summed E-state index contributed by atoms with van der Waals surface area (Å²) < 4.78 is 0. The molecule has 2 heterocycles. The van der Waals surface area contributed by atoms with Crippen molar-refractivity contribution in [2.24, 2.45) is 5.92 Å². The van der Waals surface area contributed by atoms with Crippen LogP contribution < -0.4 is 11.3 Å². The van der Waals surface area contributed by atoms with Gasteiger partial charge in [0.15, 0.2) is 0 Å². The quantitative estimate of drug-likeness (QED) is 0.750. The molecule has 0 spiro atoms. The van der Waals surface area contributed by atoms with Crippen molar-refractivity contribution in [3.63, 3.8) is 0 Å². The number of aromatic nitrogens is 3. The summed E-state index contributed by atoms with van der Waals surface area (Å²) in [7, 11) is 0. The van der Waals surface area contributed by atoms with E-state index in [4.69, 9.17) is 5.73 Å². The first-order chi connectivity index (χ1) is 8.08. The van der Waals surface area contributed by atoms with E-state index >= 15 is 0 Å². The molecule has 2 aromatic heterocycles. The Bertz CT molecular complexity index is 568. The topological polar surface area (TPSA) is 87.6 Å². The maximum atomic E-state index is 11.3. The molecule has 4 N–H and O–H groups in total. The minimum atomic E-state index is -0.133. The van der Waals surface area contributed by atoms with Crippen LogP contribution in [-0.4, -0.2) is 15.2 Å². The van der Waals surface area contributed by atoms with E-state index in [0.29, 0.717) is 11.7 Å². The lowest BCUT2D eigenvalue weighted by atomic mass is 10.0. The van der Waals surface area contributed by atoms with E-state index in [1.807, 2.05) is 6.07 Å². The van der Waals surface area contributed by atoms with Gasteiger partial charge in [0.25, 0.3) is 0 Å². The number of nitrogens with one attached hydrogen (secondary N) is 2. The summed E-state index contributed by atoms with van der Waals surface area (Å²) in [5.41, 5.74) is 8.18. The Hall–Kier alpha value is -2.04. The second-order valence-corrected chi connectivity index (χ2v) is 4.49. The molecule has 17 heavy (non-hydrogen) atoms. The third-order valence-corrected chi connectivity index (χ3v) is 2.55. The van der Waals surface area contributed by atoms with E-state index < -0.39 is 0 Å². The summed E-state index contributed by atoms with van der Waals surface area (Å²) >= 11 is 0. The van der Waals surface area contributed by atoms with Crippen molar-refractivity contribution >= 4 is 5.82 Å². The second kappa shape index (κ2) is 4.45. The molecule has 5 heteroatoms. The lowest BCUT2D eigenvalue weighted by Gasteiger charge is -2.06. The van der Waals surface area contributed by atoms with Crippen molar-refractivity contribution in [1.29, 1.82) is 0 Å². The standard InChI is InChI=1S/C12H16N4O/c1-7(2)6-8-11(15-16-12(8)13)9-4-3-5-10(17)14-9/h3-5,7H,6H2,1-2H3,(H,14,17)(H3,13,15,16). The minimum absolute atomic E-state index is 0.133. The fourth-order valence-corrected chi connectivity index (χ4v) is 1.81. The third kappa shape index (κ3) is 2.38. The van der Waals surface area contributed by atoms with E-state index in [0.717, 1.165) is 23.4 Å². The molecule has 0 aromatic carbocycles. The highest BCUT2D eigenvalue weighted by Crippen LogP contribution is 2.25. The molecule has 0 aliphatic rings. The van der Waals surface area contributed by atoms with Gasteiger partial charge < -0.3 is 10.7 Å². The van der Waals surface area contributed by atoms with E-state index in [2.05, 4.69) is 29.0 Å². The molecular weight excluding hydrogens is 216 g/mol. The van der Waals surface area contributed by atoms with Gasteiger partial charge in [0, 0.05) is 11.6 Å². The third-order valence-electron chi connectivity index (χ3n) is 2.55. The number of H-pyrrole nitrogens is 2. The predicted molar refractivity (Wildman–Crippen MR) is 67.6 cm³/mol. The molecular formula is C12H16N4O. The summed E-state index contributed by atoms with van der Waals surface area (Å²) in [4.78, 5) is 14.1. The van der Waals surface area contributed by atoms with Crippen molar-refractivity contribution in [3.05, 3.63) is 34.1 Å². The van der Waals surface area contributed by atoms with Crippen LogP contribution in [0.4, 0.5) is 5.82 Å². The molecule has 0 aliphatic carbocycles. The largest absolute Gasteiger partial charge is 0.382 e. The zero-order valence-electron chi connectivity index (χ0n) is 9.95. The molecule has 0 aliphatic heterocycles. The molecule has 90 valence electrons. The summed E-state index contributed by atoms with van der Waals surface area (Å²) in [5, 5.41) is 6.88. The van der Waals surface area contributed by atoms with Crippen LogP contribution in [0, 0.1) is 5.92 Å². The number of pyridine rings is 1. The van der Waals surface area contributed by atoms with E-state index in [-0.39, 0.29) is 5.56 Å². The van der Waals surface area contributed by atoms with Gasteiger partial charge in [0.2, 0.25) is 5.56 Å². The van der Waals surface area contributed by atoms with Crippen LogP contribution in [0.15, 0.2) is 23.0 Å². The molecule has 2 aromatic rings. The van der Waals surface area contributed by atoms with Crippen molar-refractivity contribution < 1.29 is 0 Å². The van der Waals surface area contributed by atoms with Gasteiger partial charge in [-0.25, -0.2) is 0 Å². The number of hydrogen-bond acceptors (Lipinski definition) is 3. The number of rotatable bonds is 3. The summed E-state index contributed by atoms with van der Waals surface area (Å²) in [6, 6.07) is 5.02. The molecule has 0 bridgehead atoms. The Kier molecular flexibility index (Phi) is 2.99. The smallest absolute Gasteiger partial charge is 0.248 e. The van der Waals surface area contributed by atoms with Crippen molar-refractivity contribution in [2.45, 2.75) is 20.3 Å². The molecule has 0 unspecified atom stereocenters. The minimum Gasteiger partial charge on any atom is -0.382 e. The Labute approximate surface area is 99.1 Å². The van der Waals surface area contributed by atoms with Crippen LogP contribution in [0.25, 0.3) is 11.4 Å². The van der Waals surface area contributed by atoms with Gasteiger partial charge in [-0.1, -0.05) is 19.9 Å². The first-order valence-electron chi connectivity index (χ1n) is 5.60. The fraction of sp³-hybridized carbons (Fsp3) is 0.333. The van der Waals surface area contributed by atoms with Gasteiger partial charge in [0.1, 0.15) is 5.82 Å². The van der Waals surface area contributed by atoms with Gasteiger partial charge in [0.05, 0.1) is 11.4 Å². The van der Waals surface area contributed by atoms with E-state index in [9.17, 15) is 4.79 Å². The molecule has 0 radical (unpaired) electrons. The molecule has 0 fully saturated rings. The predicted octanol–water partition coefficient (Wildman–Crippen LogP) is 1.55. The average Bonchev–Trinajstić information content (AvgIpc) is 2.60. The van der Waals surface area contributed by atoms with Crippen LogP contribution in [0.1, 0.15) is 19.4 Å². The fourth-order valence-electron chi connectivity index (χ4n) is 1.81. The van der Waals surface area contributed by atoms with Crippen molar-refractivity contribution in [1.82, 2.24) is 15.2 Å². The number of nitrogens with two attached hydrogens (primary N) is 1. The number of anilines is 1. The van der Waals surface area contributed by atoms with Crippen LogP contribution >= 0.6 is 0 Å². The van der Waals surface area contributed by atoms with E-state index in [1.165, 1.54) is 6.07 Å². The van der Waals surface area contributed by atoms with Gasteiger partial charge >= 0.3 is 0 Å². The normalized spacial score (nSPS) is 11.0. The molecule has 0 atom stereocenters. The Morgan fingerprint density at radius 2 is 2.18 bits per heavy atom. The number of aromatic amines is 2. The van der Waals surface area contributed by atoms with Gasteiger partial charge in [-0.15, -0.1) is 0 Å². The Balaban J connectivity index is 2.49. The Morgan fingerprint density at radius 1 is 1.41 bits per heavy atom. The summed E-state index contributed by atoms with van der Waals surface area (Å²) in [6.45, 7) is 4.23. The highest BCUT2D eigenvalue weighted by atomic mass is 16.1. The van der Waals surface area contributed by atoms with Crippen LogP contribution in [0.3, 0.4) is 0 Å². The van der Waals surface area contributed by atoms with Crippen LogP contribution in [0.5, 0.6) is 0 Å². The number of nitrogens with zero attached hydrogens (tertiary/aromatic N) is 1. The van der Waals surface area contributed by atoms with Crippen LogP contribution in [0.2, 0.25) is 0 Å². The Morgan fingerprint density at radius 3 is 2.82 bits per heavy atom. The van der Waals surface area contributed by atoms with E-state index in [1.54, 1.807) is 6.07 Å². The van der Waals surface area contributed by atoms with Crippen molar-refractivity contribution in [3.8, 4) is 11.4 Å². The first kappa shape index (κ1) is 11.4. The average molecular weight is 232 g/mol. The number of nitrogen functional groups attached to an aromatic ring is 1. The van der Waals surface area contributed by atoms with Gasteiger partial charge in [-0.05, 0) is 18.4 Å². The van der Waals surface area contributed by atoms with Gasteiger partial charge in [-0.3, -0.25) is 9.89 Å². The second-order valence-electron chi connectivity index (χ2n) is 4.49. The van der Waals surface area contributed by atoms with Gasteiger partial charge in [-0.2, -0.15) is 5.10 Å². The molecule has 2 rings (SSSR count). The zero-order chi connectivity index (χ0) is 12.4. The lowest BCUT2D eigenvalue weighted by molar-refractivity contribution is 0.649. The van der Waals surface area contributed by atoms with Crippen molar-refractivity contribution in [2.75, 3.05) is 5.73 Å². The highest BCUT2D eigenvalue weighted by molar-refractivity contribution is 5.64. The lowest BCUT2D eigenvalue weighted by Crippen LogP contribution is -2.05. The monoisotopic (exact) mass is 232 g/mol. The maximum absolute atomic E-state index is 11.3. The summed E-state index contributed by atoms with van der Waals surface area (Å²) in [6.07, 6.45) is 0.828. The maximum Gasteiger partial charge on any atom is 0.248 e. The highest BCUT2D eigenvalue weighted by Gasteiger charge is 2.14. The molecule has 5 nitrogen and oxygen atoms in total. The number of hydrogen-bond donors (Lipinski definition) is 3. The molecule has 0 saturated heterocycles. The SMILES string of the molecule is CC(C)Cc1c(N)n[nH]c1-c1cccc(=O)[nH]1. The van der Waals surface area contributed by atoms with Crippen LogP contribution in [-0.2, 0) is 6.42 Å². The first-order valence-corrected chi connectivity index (χ1v) is 5.60. The molecule has 0 saturated carbocycles. The summed E-state index contributed by atoms with van der Waals surface area (Å²) in [5.74, 6) is 0.975. The zero-order valence-corrected chi connectivity index (χ0v) is 9.95. The molecule has 0 amide bonds.